The SMILES string of the molecule is CCN1C(=O)NC(=O)/C(=C\c2cc(C)n(-c3ccc(Sc4ccc([N+](=O)[O-])cc4)cc3)c2C)C1=O. The Morgan fingerprint density at radius 2 is 1.60 bits per heavy atom. The van der Waals surface area contributed by atoms with Gasteiger partial charge in [-0.2, -0.15) is 0 Å². The highest BCUT2D eigenvalue weighted by atomic mass is 32.2. The number of rotatable bonds is 6. The molecule has 0 radical (unpaired) electrons. The van der Waals surface area contributed by atoms with Crippen LogP contribution in [-0.2, 0) is 9.59 Å². The molecule has 0 spiro atoms. The standard InChI is InChI=1S/C25H22N4O5S/c1-4-27-24(31)22(23(30)26-25(27)32)14-17-13-15(2)28(16(17)3)18-5-9-20(10-6-18)35-21-11-7-19(8-12-21)29(33)34/h5-14H,4H2,1-3H3,(H,26,30,32)/b22-14+. The maximum Gasteiger partial charge on any atom is 0.331 e. The second kappa shape index (κ2) is 9.59. The van der Waals surface area contributed by atoms with Gasteiger partial charge >= 0.3 is 6.03 Å². The van der Waals surface area contributed by atoms with Crippen LogP contribution < -0.4 is 5.32 Å². The molecule has 1 aliphatic heterocycles. The number of amides is 4. The number of nitro groups is 1. The van der Waals surface area contributed by atoms with Crippen LogP contribution in [0.2, 0.25) is 0 Å². The maximum atomic E-state index is 12.6. The lowest BCUT2D eigenvalue weighted by Gasteiger charge is -2.24. The summed E-state index contributed by atoms with van der Waals surface area (Å²) >= 11 is 1.50. The number of aryl methyl sites for hydroxylation is 1. The molecular formula is C25H22N4O5S. The Morgan fingerprint density at radius 1 is 1.00 bits per heavy atom. The number of likely N-dealkylation sites (N-methyl/N-ethyl adjacent to an activating group) is 1. The lowest BCUT2D eigenvalue weighted by molar-refractivity contribution is -0.384. The normalized spacial score (nSPS) is 15.0. The Bertz CT molecular complexity index is 1370. The zero-order chi connectivity index (χ0) is 25.3. The number of nitro benzene ring substituents is 1. The van der Waals surface area contributed by atoms with Gasteiger partial charge in [0.25, 0.3) is 17.5 Å². The minimum Gasteiger partial charge on any atom is -0.318 e. The molecule has 3 aromatic rings. The van der Waals surface area contributed by atoms with Crippen molar-refractivity contribution >= 4 is 41.4 Å². The smallest absolute Gasteiger partial charge is 0.318 e. The molecule has 1 aromatic heterocycles. The van der Waals surface area contributed by atoms with Gasteiger partial charge in [-0.15, -0.1) is 0 Å². The number of non-ortho nitro benzene ring substituents is 1. The van der Waals surface area contributed by atoms with E-state index in [0.717, 1.165) is 31.8 Å². The van der Waals surface area contributed by atoms with Crippen molar-refractivity contribution in [2.24, 2.45) is 0 Å². The molecule has 0 unspecified atom stereocenters. The summed E-state index contributed by atoms with van der Waals surface area (Å²) in [6.45, 7) is 5.66. The van der Waals surface area contributed by atoms with Gasteiger partial charge in [-0.05, 0) is 74.9 Å². The topological polar surface area (TPSA) is 115 Å². The van der Waals surface area contributed by atoms with Crippen LogP contribution in [0.25, 0.3) is 11.8 Å². The minimum absolute atomic E-state index is 0.0513. The van der Waals surface area contributed by atoms with Crippen LogP contribution in [0.3, 0.4) is 0 Å². The van der Waals surface area contributed by atoms with E-state index in [1.807, 2.05) is 48.7 Å². The maximum absolute atomic E-state index is 12.6. The number of carbonyl (C=O) groups excluding carboxylic acids is 3. The third kappa shape index (κ3) is 4.73. The van der Waals surface area contributed by atoms with Crippen LogP contribution in [0.15, 0.2) is 70.0 Å². The van der Waals surface area contributed by atoms with Gasteiger partial charge < -0.3 is 4.57 Å². The van der Waals surface area contributed by atoms with Gasteiger partial charge in [0.2, 0.25) is 0 Å². The third-order valence-electron chi connectivity index (χ3n) is 5.65. The number of hydrogen-bond donors (Lipinski definition) is 1. The Morgan fingerprint density at radius 3 is 2.17 bits per heavy atom. The molecule has 178 valence electrons. The van der Waals surface area contributed by atoms with Crippen molar-refractivity contribution < 1.29 is 19.3 Å². The van der Waals surface area contributed by atoms with E-state index < -0.39 is 22.8 Å². The Balaban J connectivity index is 1.59. The van der Waals surface area contributed by atoms with Crippen LogP contribution >= 0.6 is 11.8 Å². The molecule has 2 heterocycles. The number of imide groups is 2. The van der Waals surface area contributed by atoms with Crippen LogP contribution in [0.1, 0.15) is 23.9 Å². The fraction of sp³-hybridized carbons (Fsp3) is 0.160. The Kier molecular flexibility index (Phi) is 6.57. The quantitative estimate of drug-likeness (QED) is 0.233. The summed E-state index contributed by atoms with van der Waals surface area (Å²) in [6.07, 6.45) is 1.52. The zero-order valence-corrected chi connectivity index (χ0v) is 20.1. The Labute approximate surface area is 205 Å². The molecule has 4 amide bonds. The lowest BCUT2D eigenvalue weighted by atomic mass is 10.1. The van der Waals surface area contributed by atoms with Crippen molar-refractivity contribution in [3.8, 4) is 5.69 Å². The first kappa shape index (κ1) is 24.0. The van der Waals surface area contributed by atoms with Gasteiger partial charge in [0.05, 0.1) is 4.92 Å². The summed E-state index contributed by atoms with van der Waals surface area (Å²) in [7, 11) is 0. The van der Waals surface area contributed by atoms with Crippen molar-refractivity contribution in [3.05, 3.63) is 87.2 Å². The first-order chi connectivity index (χ1) is 16.7. The van der Waals surface area contributed by atoms with Crippen LogP contribution in [-0.4, -0.2) is 38.8 Å². The van der Waals surface area contributed by atoms with E-state index in [1.165, 1.54) is 30.0 Å². The summed E-state index contributed by atoms with van der Waals surface area (Å²) < 4.78 is 2.01. The molecule has 2 aromatic carbocycles. The van der Waals surface area contributed by atoms with E-state index in [4.69, 9.17) is 0 Å². The molecule has 1 N–H and O–H groups in total. The highest BCUT2D eigenvalue weighted by Gasteiger charge is 2.34. The van der Waals surface area contributed by atoms with E-state index in [-0.39, 0.29) is 17.8 Å². The second-order valence-electron chi connectivity index (χ2n) is 7.88. The number of nitrogens with zero attached hydrogens (tertiary/aromatic N) is 3. The van der Waals surface area contributed by atoms with Gasteiger partial charge in [-0.3, -0.25) is 29.9 Å². The number of benzene rings is 2. The first-order valence-electron chi connectivity index (χ1n) is 10.8. The highest BCUT2D eigenvalue weighted by molar-refractivity contribution is 7.99. The van der Waals surface area contributed by atoms with Gasteiger partial charge in [0, 0.05) is 45.5 Å². The predicted molar refractivity (Wildman–Crippen MR) is 131 cm³/mol. The van der Waals surface area contributed by atoms with Crippen LogP contribution in [0.4, 0.5) is 10.5 Å². The summed E-state index contributed by atoms with van der Waals surface area (Å²) in [4.78, 5) is 50.0. The number of urea groups is 1. The number of nitrogens with one attached hydrogen (secondary N) is 1. The molecule has 1 aliphatic rings. The molecule has 0 saturated carbocycles. The molecule has 0 bridgehead atoms. The van der Waals surface area contributed by atoms with Crippen LogP contribution in [0.5, 0.6) is 0 Å². The van der Waals surface area contributed by atoms with Crippen molar-refractivity contribution in [1.29, 1.82) is 0 Å². The monoisotopic (exact) mass is 490 g/mol. The highest BCUT2D eigenvalue weighted by Crippen LogP contribution is 2.31. The average molecular weight is 491 g/mol. The summed E-state index contributed by atoms with van der Waals surface area (Å²) in [6, 6.07) is 15.4. The van der Waals surface area contributed by atoms with E-state index >= 15 is 0 Å². The molecule has 9 nitrogen and oxygen atoms in total. The van der Waals surface area contributed by atoms with E-state index in [2.05, 4.69) is 5.32 Å². The predicted octanol–water partition coefficient (Wildman–Crippen LogP) is 4.64. The van der Waals surface area contributed by atoms with E-state index in [9.17, 15) is 24.5 Å². The molecule has 1 fully saturated rings. The molecule has 10 heteroatoms. The minimum atomic E-state index is -0.711. The zero-order valence-electron chi connectivity index (χ0n) is 19.3. The molecular weight excluding hydrogens is 468 g/mol. The van der Waals surface area contributed by atoms with Gasteiger partial charge in [0.1, 0.15) is 5.57 Å². The van der Waals surface area contributed by atoms with Crippen molar-refractivity contribution in [1.82, 2.24) is 14.8 Å². The lowest BCUT2D eigenvalue weighted by Crippen LogP contribution is -2.53. The van der Waals surface area contributed by atoms with Crippen molar-refractivity contribution in [2.45, 2.75) is 30.6 Å². The number of barbiturate groups is 1. The fourth-order valence-electron chi connectivity index (χ4n) is 3.90. The summed E-state index contributed by atoms with van der Waals surface area (Å²) in [5.41, 5.74) is 3.33. The third-order valence-corrected chi connectivity index (χ3v) is 6.67. The number of aromatic nitrogens is 1. The Hall–Kier alpha value is -4.18. The van der Waals surface area contributed by atoms with Gasteiger partial charge in [0.15, 0.2) is 0 Å². The molecule has 0 aliphatic carbocycles. The first-order valence-corrected chi connectivity index (χ1v) is 11.6. The molecule has 0 atom stereocenters. The largest absolute Gasteiger partial charge is 0.331 e. The number of carbonyl (C=O) groups is 3. The number of hydrogen-bond acceptors (Lipinski definition) is 6. The molecule has 4 rings (SSSR count). The van der Waals surface area contributed by atoms with Gasteiger partial charge in [-0.1, -0.05) is 11.8 Å². The molecule has 1 saturated heterocycles. The second-order valence-corrected chi connectivity index (χ2v) is 9.02. The molecule has 35 heavy (non-hydrogen) atoms. The fourth-order valence-corrected chi connectivity index (χ4v) is 4.72. The van der Waals surface area contributed by atoms with Crippen molar-refractivity contribution in [3.63, 3.8) is 0 Å². The summed E-state index contributed by atoms with van der Waals surface area (Å²) in [5.74, 6) is -1.32. The van der Waals surface area contributed by atoms with Crippen LogP contribution in [0, 0.1) is 24.0 Å². The average Bonchev–Trinajstić information content (AvgIpc) is 3.10. The van der Waals surface area contributed by atoms with Crippen molar-refractivity contribution in [2.75, 3.05) is 6.54 Å². The van der Waals surface area contributed by atoms with E-state index in [0.29, 0.717) is 5.56 Å². The summed E-state index contributed by atoms with van der Waals surface area (Å²) in [5, 5.41) is 13.0. The van der Waals surface area contributed by atoms with E-state index in [1.54, 1.807) is 19.1 Å². The van der Waals surface area contributed by atoms with Gasteiger partial charge in [-0.25, -0.2) is 4.79 Å².